The summed E-state index contributed by atoms with van der Waals surface area (Å²) in [4.78, 5) is 0. The molecule has 0 aromatic carbocycles. The van der Waals surface area contributed by atoms with Gasteiger partial charge in [-0.2, -0.15) is 4.39 Å². The van der Waals surface area contributed by atoms with Crippen LogP contribution < -0.4 is 5.73 Å². The van der Waals surface area contributed by atoms with E-state index in [0.717, 1.165) is 0 Å². The Morgan fingerprint density at radius 3 is 1.22 bits per heavy atom. The van der Waals surface area contributed by atoms with Gasteiger partial charge in [-0.15, -0.1) is 0 Å². The Balaban J connectivity index is 4.01. The second kappa shape index (κ2) is 2.42. The molecule has 2 N–H and O–H groups in total. The molecule has 0 unspecified atom stereocenters. The Bertz CT molecular complexity index is 80.2. The van der Waals surface area contributed by atoms with E-state index in [0.29, 0.717) is 0 Å². The van der Waals surface area contributed by atoms with Gasteiger partial charge in [-0.05, 0) is 0 Å². The van der Waals surface area contributed by atoms with Crippen molar-refractivity contribution in [3.8, 4) is 0 Å². The summed E-state index contributed by atoms with van der Waals surface area (Å²) < 4.78 is 55.0. The van der Waals surface area contributed by atoms with E-state index in [1.807, 2.05) is 0 Å². The maximum absolute atomic E-state index is 11.5. The highest BCUT2D eigenvalue weighted by Crippen LogP contribution is 2.17. The van der Waals surface area contributed by atoms with Gasteiger partial charge in [0.1, 0.15) is 0 Å². The minimum atomic E-state index is -4.50. The molecule has 56 valence electrons. The van der Waals surface area contributed by atoms with Crippen LogP contribution in [0.1, 0.15) is 0 Å². The Labute approximate surface area is 46.2 Å². The van der Waals surface area contributed by atoms with Crippen molar-refractivity contribution in [2.45, 2.75) is 6.04 Å². The van der Waals surface area contributed by atoms with Gasteiger partial charge < -0.3 is 0 Å². The molecule has 0 amide bonds. The second-order valence-corrected chi connectivity index (χ2v) is 1.10. The van der Waals surface area contributed by atoms with E-state index in [1.54, 1.807) is 0 Å². The smallest absolute Gasteiger partial charge is 0.264 e. The summed E-state index contributed by atoms with van der Waals surface area (Å²) in [5.74, 6) is 0. The summed E-state index contributed by atoms with van der Waals surface area (Å²) in [7, 11) is 0. The molecule has 0 rings (SSSR count). The van der Waals surface area contributed by atoms with E-state index in [4.69, 9.17) is 0 Å². The molecule has 9 heavy (non-hydrogen) atoms. The topological polar surface area (TPSA) is 32.5 Å². The lowest BCUT2D eigenvalue weighted by Gasteiger charge is -2.17. The molecular formula is CH2F5N3. The first-order chi connectivity index (χ1) is 3.89. The number of nitrogens with zero attached hydrogens (tertiary/aromatic N) is 2. The summed E-state index contributed by atoms with van der Waals surface area (Å²) in [6.45, 7) is 0. The first-order valence-electron chi connectivity index (χ1n) is 1.60. The molecular weight excluding hydrogens is 149 g/mol. The van der Waals surface area contributed by atoms with Crippen molar-refractivity contribution < 1.29 is 22.3 Å². The third-order valence-corrected chi connectivity index (χ3v) is 0.474. The molecule has 0 aliphatic carbocycles. The van der Waals surface area contributed by atoms with Gasteiger partial charge in [0, 0.05) is 0 Å². The molecule has 0 fully saturated rings. The minimum absolute atomic E-state index is 2.45. The molecule has 0 aromatic heterocycles. The van der Waals surface area contributed by atoms with E-state index < -0.39 is 16.7 Å². The van der Waals surface area contributed by atoms with Crippen molar-refractivity contribution in [2.75, 3.05) is 0 Å². The highest BCUT2D eigenvalue weighted by atomic mass is 19.4. The molecule has 3 nitrogen and oxygen atoms in total. The Hall–Kier alpha value is -0.470. The summed E-state index contributed by atoms with van der Waals surface area (Å²) in [5, 5.41) is -4.90. The van der Waals surface area contributed by atoms with Crippen molar-refractivity contribution in [3.05, 3.63) is 0 Å². The zero-order valence-electron chi connectivity index (χ0n) is 3.86. The van der Waals surface area contributed by atoms with Gasteiger partial charge in [-0.25, -0.2) is 0 Å². The molecule has 0 aliphatic heterocycles. The molecule has 0 aromatic rings. The summed E-state index contributed by atoms with van der Waals surface area (Å²) in [6, 6.07) is -4.50. The molecule has 0 atom stereocenters. The third-order valence-electron chi connectivity index (χ3n) is 0.474. The molecule has 0 radical (unpaired) electrons. The second-order valence-electron chi connectivity index (χ2n) is 1.10. The van der Waals surface area contributed by atoms with Gasteiger partial charge >= 0.3 is 6.04 Å². The van der Waals surface area contributed by atoms with Crippen LogP contribution in [0.25, 0.3) is 0 Å². The number of alkyl halides is 1. The van der Waals surface area contributed by atoms with E-state index >= 15 is 0 Å². The van der Waals surface area contributed by atoms with Crippen LogP contribution in [0.5, 0.6) is 0 Å². The number of rotatable bonds is 2. The van der Waals surface area contributed by atoms with Crippen molar-refractivity contribution in [2.24, 2.45) is 5.73 Å². The quantitative estimate of drug-likeness (QED) is 0.272. The summed E-state index contributed by atoms with van der Waals surface area (Å²) >= 11 is 0. The molecule has 0 saturated carbocycles. The Morgan fingerprint density at radius 2 is 1.22 bits per heavy atom. The fraction of sp³-hybridized carbons (Fsp3) is 1.00. The van der Waals surface area contributed by atoms with Gasteiger partial charge in [0.25, 0.3) is 0 Å². The first-order valence-corrected chi connectivity index (χ1v) is 1.60. The standard InChI is InChI=1S/CH2F5N3/c2-1(7,8(3)4)9(5)6/h7H2. The fourth-order valence-corrected chi connectivity index (χ4v) is 0.0571. The van der Waals surface area contributed by atoms with E-state index in [9.17, 15) is 22.3 Å². The van der Waals surface area contributed by atoms with Crippen LogP contribution in [0.4, 0.5) is 22.3 Å². The molecule has 0 aliphatic rings. The molecule has 8 heteroatoms. The lowest BCUT2D eigenvalue weighted by molar-refractivity contribution is -0.416. The van der Waals surface area contributed by atoms with Crippen LogP contribution >= 0.6 is 0 Å². The van der Waals surface area contributed by atoms with E-state index in [2.05, 4.69) is 5.73 Å². The van der Waals surface area contributed by atoms with Gasteiger partial charge in [0.15, 0.2) is 0 Å². The largest absolute Gasteiger partial charge is 0.385 e. The van der Waals surface area contributed by atoms with Crippen LogP contribution in [0.3, 0.4) is 0 Å². The number of halogens is 5. The summed E-state index contributed by atoms with van der Waals surface area (Å²) in [5.41, 5.74) is 3.69. The van der Waals surface area contributed by atoms with Crippen molar-refractivity contribution in [1.82, 2.24) is 10.7 Å². The van der Waals surface area contributed by atoms with Crippen molar-refractivity contribution in [1.29, 1.82) is 0 Å². The molecule has 0 bridgehead atoms. The van der Waals surface area contributed by atoms with Crippen molar-refractivity contribution >= 4 is 0 Å². The SMILES string of the molecule is NC(F)(N(F)F)N(F)F. The van der Waals surface area contributed by atoms with Crippen LogP contribution in [-0.4, -0.2) is 16.7 Å². The average Bonchev–Trinajstić information content (AvgIpc) is 1.65. The van der Waals surface area contributed by atoms with E-state index in [1.165, 1.54) is 0 Å². The number of hydrogen-bond donors (Lipinski definition) is 1. The lowest BCUT2D eigenvalue weighted by atomic mass is 10.9. The first kappa shape index (κ1) is 8.53. The predicted molar refractivity (Wildman–Crippen MR) is 16.1 cm³/mol. The monoisotopic (exact) mass is 151 g/mol. The van der Waals surface area contributed by atoms with Crippen LogP contribution in [0, 0.1) is 0 Å². The van der Waals surface area contributed by atoms with Gasteiger partial charge in [0.05, 0.1) is 10.7 Å². The van der Waals surface area contributed by atoms with E-state index in [-0.39, 0.29) is 0 Å². The van der Waals surface area contributed by atoms with Gasteiger partial charge in [-0.3, -0.25) is 5.73 Å². The predicted octanol–water partition coefficient (Wildman–Crippen LogP) is 0.668. The lowest BCUT2D eigenvalue weighted by Crippen LogP contribution is -2.52. The normalized spacial score (nSPS) is 13.3. The molecule has 0 saturated heterocycles. The Kier molecular flexibility index (Phi) is 2.29. The van der Waals surface area contributed by atoms with Crippen molar-refractivity contribution in [3.63, 3.8) is 0 Å². The Morgan fingerprint density at radius 1 is 1.00 bits per heavy atom. The minimum Gasteiger partial charge on any atom is -0.264 e. The van der Waals surface area contributed by atoms with Gasteiger partial charge in [-0.1, -0.05) is 17.9 Å². The number of hydrogen-bond acceptors (Lipinski definition) is 3. The molecule has 0 spiro atoms. The summed E-state index contributed by atoms with van der Waals surface area (Å²) in [6.07, 6.45) is 0. The zero-order chi connectivity index (χ0) is 7.65. The highest BCUT2D eigenvalue weighted by molar-refractivity contribution is 4.47. The molecule has 0 heterocycles. The maximum Gasteiger partial charge on any atom is 0.385 e. The van der Waals surface area contributed by atoms with Crippen LogP contribution in [-0.2, 0) is 0 Å². The number of nitrogens with two attached hydrogens (primary N) is 1. The highest BCUT2D eigenvalue weighted by Gasteiger charge is 2.44. The zero-order valence-corrected chi connectivity index (χ0v) is 3.86. The third kappa shape index (κ3) is 1.73. The fourth-order valence-electron chi connectivity index (χ4n) is 0.0571. The van der Waals surface area contributed by atoms with Crippen LogP contribution in [0.2, 0.25) is 0 Å². The van der Waals surface area contributed by atoms with Crippen LogP contribution in [0.15, 0.2) is 0 Å². The van der Waals surface area contributed by atoms with Gasteiger partial charge in [0.2, 0.25) is 0 Å². The average molecular weight is 151 g/mol. The maximum atomic E-state index is 11.5.